The molecule has 0 aliphatic carbocycles. The van der Waals surface area contributed by atoms with Crippen LogP contribution < -0.4 is 5.32 Å². The summed E-state index contributed by atoms with van der Waals surface area (Å²) in [5.74, 6) is -0.879. The number of hydrogen-bond acceptors (Lipinski definition) is 2. The Kier molecular flexibility index (Phi) is 6.22. The van der Waals surface area contributed by atoms with Crippen LogP contribution >= 0.6 is 0 Å². The first-order valence-corrected chi connectivity index (χ1v) is 5.71. The summed E-state index contributed by atoms with van der Waals surface area (Å²) >= 11 is 0. The van der Waals surface area contributed by atoms with Crippen LogP contribution in [0.4, 0.5) is 0 Å². The molecule has 0 unspecified atom stereocenters. The zero-order valence-electron chi connectivity index (χ0n) is 10.3. The van der Waals surface area contributed by atoms with Gasteiger partial charge in [-0.15, -0.1) is 0 Å². The summed E-state index contributed by atoms with van der Waals surface area (Å²) < 4.78 is 0. The van der Waals surface area contributed by atoms with Crippen LogP contribution in [-0.2, 0) is 6.54 Å². The molecule has 0 saturated heterocycles. The molecule has 2 aromatic rings. The molecule has 0 saturated carbocycles. The molecule has 0 spiro atoms. The van der Waals surface area contributed by atoms with Crippen molar-refractivity contribution in [1.29, 1.82) is 0 Å². The molecule has 94 valence electrons. The first-order valence-electron chi connectivity index (χ1n) is 5.71. The van der Waals surface area contributed by atoms with Crippen LogP contribution in [0.2, 0.25) is 0 Å². The first kappa shape index (κ1) is 13.9. The molecule has 3 nitrogen and oxygen atoms in total. The lowest BCUT2D eigenvalue weighted by molar-refractivity contribution is 0.0697. The maximum absolute atomic E-state index is 10.2. The molecule has 0 heterocycles. The van der Waals surface area contributed by atoms with Crippen molar-refractivity contribution in [2.75, 3.05) is 7.05 Å². The van der Waals surface area contributed by atoms with Crippen molar-refractivity contribution >= 4 is 5.97 Å². The summed E-state index contributed by atoms with van der Waals surface area (Å²) in [5.41, 5.74) is 1.66. The second-order valence-electron chi connectivity index (χ2n) is 3.69. The average molecular weight is 243 g/mol. The normalized spacial score (nSPS) is 9.17. The Morgan fingerprint density at radius 1 is 1.00 bits per heavy atom. The van der Waals surface area contributed by atoms with Crippen molar-refractivity contribution in [3.63, 3.8) is 0 Å². The largest absolute Gasteiger partial charge is 0.478 e. The lowest BCUT2D eigenvalue weighted by atomic mass is 10.2. The molecule has 0 aromatic heterocycles. The van der Waals surface area contributed by atoms with E-state index in [0.717, 1.165) is 6.54 Å². The van der Waals surface area contributed by atoms with E-state index in [0.29, 0.717) is 5.56 Å². The number of aromatic carboxylic acids is 1. The molecule has 3 heteroatoms. The third-order valence-corrected chi connectivity index (χ3v) is 2.24. The topological polar surface area (TPSA) is 49.3 Å². The quantitative estimate of drug-likeness (QED) is 0.871. The molecule has 0 aliphatic rings. The van der Waals surface area contributed by atoms with Gasteiger partial charge in [-0.25, -0.2) is 4.79 Å². The van der Waals surface area contributed by atoms with Crippen molar-refractivity contribution < 1.29 is 9.90 Å². The Morgan fingerprint density at radius 2 is 1.50 bits per heavy atom. The third kappa shape index (κ3) is 5.27. The summed E-state index contributed by atoms with van der Waals surface area (Å²) in [7, 11) is 1.95. The number of hydrogen-bond donors (Lipinski definition) is 2. The molecule has 18 heavy (non-hydrogen) atoms. The Morgan fingerprint density at radius 3 is 1.89 bits per heavy atom. The molecule has 0 atom stereocenters. The lowest BCUT2D eigenvalue weighted by Gasteiger charge is -1.95. The summed E-state index contributed by atoms with van der Waals surface area (Å²) in [4.78, 5) is 10.2. The summed E-state index contributed by atoms with van der Waals surface area (Å²) in [5, 5.41) is 11.5. The van der Waals surface area contributed by atoms with E-state index >= 15 is 0 Å². The van der Waals surface area contributed by atoms with Gasteiger partial charge < -0.3 is 10.4 Å². The minimum atomic E-state index is -0.879. The highest BCUT2D eigenvalue weighted by Gasteiger charge is 1.96. The van der Waals surface area contributed by atoms with E-state index in [9.17, 15) is 4.79 Å². The van der Waals surface area contributed by atoms with Crippen LogP contribution in [0.3, 0.4) is 0 Å². The number of carboxylic acid groups (broad SMARTS) is 1. The zero-order chi connectivity index (χ0) is 13.2. The Labute approximate surface area is 107 Å². The second-order valence-corrected chi connectivity index (χ2v) is 3.69. The first-order chi connectivity index (χ1) is 8.74. The maximum Gasteiger partial charge on any atom is 0.335 e. The molecule has 0 bridgehead atoms. The molecule has 0 radical (unpaired) electrons. The molecule has 2 aromatic carbocycles. The average Bonchev–Trinajstić information content (AvgIpc) is 2.42. The standard InChI is InChI=1S/C8H11N.C7H6O2/c1-9-7-8-5-3-2-4-6-8;8-7(9)6-4-2-1-3-5-6/h2-6,9H,7H2,1H3;1-5H,(H,8,9). The maximum atomic E-state index is 10.2. The predicted octanol–water partition coefficient (Wildman–Crippen LogP) is 2.79. The van der Waals surface area contributed by atoms with Gasteiger partial charge >= 0.3 is 5.97 Å². The van der Waals surface area contributed by atoms with Crippen molar-refractivity contribution in [3.05, 3.63) is 71.8 Å². The number of carboxylic acids is 1. The van der Waals surface area contributed by atoms with E-state index in [4.69, 9.17) is 5.11 Å². The van der Waals surface area contributed by atoms with Crippen molar-refractivity contribution in [1.82, 2.24) is 5.32 Å². The molecule has 0 fully saturated rings. The van der Waals surface area contributed by atoms with E-state index in [1.165, 1.54) is 5.56 Å². The summed E-state index contributed by atoms with van der Waals surface area (Å²) in [6, 6.07) is 18.6. The van der Waals surface area contributed by atoms with Gasteiger partial charge in [0, 0.05) is 6.54 Å². The highest BCUT2D eigenvalue weighted by atomic mass is 16.4. The molecule has 2 N–H and O–H groups in total. The van der Waals surface area contributed by atoms with Gasteiger partial charge in [0.05, 0.1) is 5.56 Å². The van der Waals surface area contributed by atoms with Gasteiger partial charge in [-0.05, 0) is 24.7 Å². The van der Waals surface area contributed by atoms with Crippen LogP contribution in [-0.4, -0.2) is 18.1 Å². The zero-order valence-corrected chi connectivity index (χ0v) is 10.3. The Bertz CT molecular complexity index is 454. The Balaban J connectivity index is 0.000000180. The predicted molar refractivity (Wildman–Crippen MR) is 72.6 cm³/mol. The third-order valence-electron chi connectivity index (χ3n) is 2.24. The number of benzene rings is 2. The lowest BCUT2D eigenvalue weighted by Crippen LogP contribution is -2.04. The van der Waals surface area contributed by atoms with Gasteiger partial charge in [0.15, 0.2) is 0 Å². The minimum absolute atomic E-state index is 0.331. The van der Waals surface area contributed by atoms with Crippen LogP contribution in [0.1, 0.15) is 15.9 Å². The van der Waals surface area contributed by atoms with Crippen molar-refractivity contribution in [2.24, 2.45) is 0 Å². The van der Waals surface area contributed by atoms with Gasteiger partial charge in [0.1, 0.15) is 0 Å². The second kappa shape index (κ2) is 8.03. The minimum Gasteiger partial charge on any atom is -0.478 e. The van der Waals surface area contributed by atoms with Gasteiger partial charge in [0.25, 0.3) is 0 Å². The molecule has 2 rings (SSSR count). The summed E-state index contributed by atoms with van der Waals surface area (Å²) in [6.07, 6.45) is 0. The number of nitrogens with one attached hydrogen (secondary N) is 1. The van der Waals surface area contributed by atoms with Crippen molar-refractivity contribution in [2.45, 2.75) is 6.54 Å². The molecular weight excluding hydrogens is 226 g/mol. The van der Waals surface area contributed by atoms with Gasteiger partial charge in [0.2, 0.25) is 0 Å². The van der Waals surface area contributed by atoms with E-state index in [-0.39, 0.29) is 0 Å². The SMILES string of the molecule is CNCc1ccccc1.O=C(O)c1ccccc1. The van der Waals surface area contributed by atoms with Crippen LogP contribution in [0.15, 0.2) is 60.7 Å². The van der Waals surface area contributed by atoms with Crippen molar-refractivity contribution in [3.8, 4) is 0 Å². The fraction of sp³-hybridized carbons (Fsp3) is 0.133. The highest BCUT2D eigenvalue weighted by Crippen LogP contribution is 1.96. The van der Waals surface area contributed by atoms with E-state index in [2.05, 4.69) is 17.4 Å². The van der Waals surface area contributed by atoms with E-state index in [1.807, 2.05) is 25.2 Å². The van der Waals surface area contributed by atoms with Gasteiger partial charge in [-0.3, -0.25) is 0 Å². The van der Waals surface area contributed by atoms with Crippen LogP contribution in [0.25, 0.3) is 0 Å². The monoisotopic (exact) mass is 243 g/mol. The molecular formula is C15H17NO2. The fourth-order valence-electron chi connectivity index (χ4n) is 1.38. The van der Waals surface area contributed by atoms with Crippen LogP contribution in [0.5, 0.6) is 0 Å². The fourth-order valence-corrected chi connectivity index (χ4v) is 1.38. The Hall–Kier alpha value is -2.13. The smallest absolute Gasteiger partial charge is 0.335 e. The number of rotatable bonds is 3. The van der Waals surface area contributed by atoms with Gasteiger partial charge in [-0.1, -0.05) is 48.5 Å². The highest BCUT2D eigenvalue weighted by molar-refractivity contribution is 5.87. The summed E-state index contributed by atoms with van der Waals surface area (Å²) in [6.45, 7) is 0.959. The van der Waals surface area contributed by atoms with E-state index in [1.54, 1.807) is 30.3 Å². The van der Waals surface area contributed by atoms with E-state index < -0.39 is 5.97 Å². The van der Waals surface area contributed by atoms with Gasteiger partial charge in [-0.2, -0.15) is 0 Å². The number of carbonyl (C=O) groups is 1. The molecule has 0 amide bonds. The van der Waals surface area contributed by atoms with Crippen LogP contribution in [0, 0.1) is 0 Å². The molecule has 0 aliphatic heterocycles.